The van der Waals surface area contributed by atoms with Gasteiger partial charge in [0.15, 0.2) is 0 Å². The van der Waals surface area contributed by atoms with Crippen molar-refractivity contribution in [3.8, 4) is 0 Å². The lowest BCUT2D eigenvalue weighted by atomic mass is 10.0. The summed E-state index contributed by atoms with van der Waals surface area (Å²) in [5, 5.41) is 3.60. The Balaban J connectivity index is 0.00000288. The van der Waals surface area contributed by atoms with Crippen molar-refractivity contribution in [1.29, 1.82) is 0 Å². The Hall–Kier alpha value is -0.600. The van der Waals surface area contributed by atoms with Crippen LogP contribution in [0.5, 0.6) is 0 Å². The molecule has 0 radical (unpaired) electrons. The first-order valence-electron chi connectivity index (χ1n) is 7.71. The van der Waals surface area contributed by atoms with Crippen LogP contribution in [-0.4, -0.2) is 63.4 Å². The molecule has 1 fully saturated rings. The molecule has 2 rings (SSSR count). The molecule has 1 aromatic rings. The second-order valence-electron chi connectivity index (χ2n) is 5.53. The minimum atomic E-state index is -0.662. The molecule has 1 aliphatic rings. The molecule has 0 saturated carbocycles. The number of nitrogens with zero attached hydrogens (tertiary/aromatic N) is 1. The van der Waals surface area contributed by atoms with E-state index < -0.39 is 6.04 Å². The van der Waals surface area contributed by atoms with Gasteiger partial charge in [-0.1, -0.05) is 23.7 Å². The highest BCUT2D eigenvalue weighted by atomic mass is 35.5. The first-order valence-corrected chi connectivity index (χ1v) is 8.09. The predicted molar refractivity (Wildman–Crippen MR) is 104 cm³/mol. The minimum absolute atomic E-state index is 0. The van der Waals surface area contributed by atoms with E-state index in [-0.39, 0.29) is 43.4 Å². The number of amides is 1. The quantitative estimate of drug-likeness (QED) is 0.709. The summed E-state index contributed by atoms with van der Waals surface area (Å²) in [6.45, 7) is 3.68. The van der Waals surface area contributed by atoms with Gasteiger partial charge in [0.2, 0.25) is 5.91 Å². The zero-order chi connectivity index (χ0) is 16.7. The van der Waals surface area contributed by atoms with Crippen LogP contribution in [0.15, 0.2) is 24.3 Å². The number of morpholine rings is 1. The lowest BCUT2D eigenvalue weighted by Crippen LogP contribution is -2.48. The summed E-state index contributed by atoms with van der Waals surface area (Å²) in [7, 11) is 1.52. The number of ether oxygens (including phenoxy) is 2. The van der Waals surface area contributed by atoms with E-state index in [4.69, 9.17) is 26.8 Å². The molecule has 1 amide bonds. The second-order valence-corrected chi connectivity index (χ2v) is 5.96. The maximum Gasteiger partial charge on any atom is 0.239 e. The van der Waals surface area contributed by atoms with Crippen LogP contribution in [-0.2, 0) is 14.3 Å². The zero-order valence-corrected chi connectivity index (χ0v) is 16.5. The summed E-state index contributed by atoms with van der Waals surface area (Å²) in [5.74, 6) is -0.216. The molecular weight excluding hydrogens is 389 g/mol. The molecule has 0 spiro atoms. The minimum Gasteiger partial charge on any atom is -0.383 e. The summed E-state index contributed by atoms with van der Waals surface area (Å²) < 4.78 is 10.3. The average Bonchev–Trinajstić information content (AvgIpc) is 2.56. The number of halogens is 3. The van der Waals surface area contributed by atoms with E-state index in [1.165, 1.54) is 7.11 Å². The van der Waals surface area contributed by atoms with Crippen LogP contribution < -0.4 is 11.1 Å². The average molecular weight is 415 g/mol. The largest absolute Gasteiger partial charge is 0.383 e. The Labute approximate surface area is 166 Å². The van der Waals surface area contributed by atoms with Crippen molar-refractivity contribution in [3.63, 3.8) is 0 Å². The van der Waals surface area contributed by atoms with Gasteiger partial charge in [0, 0.05) is 31.8 Å². The smallest absolute Gasteiger partial charge is 0.239 e. The van der Waals surface area contributed by atoms with Crippen molar-refractivity contribution in [2.75, 3.05) is 46.6 Å². The van der Waals surface area contributed by atoms with Crippen molar-refractivity contribution in [2.24, 2.45) is 5.73 Å². The van der Waals surface area contributed by atoms with E-state index in [2.05, 4.69) is 10.2 Å². The van der Waals surface area contributed by atoms with Crippen molar-refractivity contribution in [3.05, 3.63) is 34.9 Å². The van der Waals surface area contributed by atoms with Gasteiger partial charge in [-0.3, -0.25) is 9.69 Å². The Kier molecular flexibility index (Phi) is 12.4. The van der Waals surface area contributed by atoms with Gasteiger partial charge in [0.25, 0.3) is 0 Å². The van der Waals surface area contributed by atoms with Gasteiger partial charge in [-0.15, -0.1) is 24.8 Å². The Bertz CT molecular complexity index is 516. The van der Waals surface area contributed by atoms with Crippen molar-refractivity contribution in [2.45, 2.75) is 12.1 Å². The number of carbonyl (C=O) groups excluding carboxylic acids is 1. The molecule has 1 aromatic carbocycles. The Morgan fingerprint density at radius 2 is 2.08 bits per heavy atom. The molecule has 0 bridgehead atoms. The topological polar surface area (TPSA) is 76.8 Å². The van der Waals surface area contributed by atoms with E-state index in [9.17, 15) is 4.79 Å². The van der Waals surface area contributed by atoms with Gasteiger partial charge in [-0.05, 0) is 17.7 Å². The van der Waals surface area contributed by atoms with E-state index in [1.807, 2.05) is 24.3 Å². The molecule has 25 heavy (non-hydrogen) atoms. The number of nitrogens with one attached hydrogen (secondary N) is 1. The standard InChI is InChI=1S/C16H24ClN3O3.2ClH/c1-22-11-14(18)16(21)19-10-15(20-5-7-23-8-6-20)12-3-2-4-13(17)9-12;;/h2-4,9,14-15H,5-8,10-11,18H2,1H3,(H,19,21);2*1H. The summed E-state index contributed by atoms with van der Waals surface area (Å²) in [4.78, 5) is 14.3. The monoisotopic (exact) mass is 413 g/mol. The van der Waals surface area contributed by atoms with Crippen LogP contribution in [0.3, 0.4) is 0 Å². The molecule has 6 nitrogen and oxygen atoms in total. The van der Waals surface area contributed by atoms with E-state index in [0.29, 0.717) is 24.8 Å². The number of rotatable bonds is 7. The fraction of sp³-hybridized carbons (Fsp3) is 0.562. The predicted octanol–water partition coefficient (Wildman–Crippen LogP) is 1.65. The summed E-state index contributed by atoms with van der Waals surface area (Å²) in [6, 6.07) is 7.09. The molecule has 2 atom stereocenters. The molecule has 1 aliphatic heterocycles. The third-order valence-electron chi connectivity index (χ3n) is 3.87. The summed E-state index contributed by atoms with van der Waals surface area (Å²) in [5.41, 5.74) is 6.83. The number of benzene rings is 1. The lowest BCUT2D eigenvalue weighted by Gasteiger charge is -2.35. The Morgan fingerprint density at radius 3 is 2.68 bits per heavy atom. The molecule has 2 unspecified atom stereocenters. The van der Waals surface area contributed by atoms with Gasteiger partial charge in [0.05, 0.1) is 25.9 Å². The maximum atomic E-state index is 12.0. The van der Waals surface area contributed by atoms with Crippen LogP contribution in [0.2, 0.25) is 5.02 Å². The van der Waals surface area contributed by atoms with E-state index >= 15 is 0 Å². The van der Waals surface area contributed by atoms with E-state index in [1.54, 1.807) is 0 Å². The molecular formula is C16H26Cl3N3O3. The second kappa shape index (κ2) is 12.7. The molecule has 0 aromatic heterocycles. The SMILES string of the molecule is COCC(N)C(=O)NCC(c1cccc(Cl)c1)N1CCOCC1.Cl.Cl. The number of carbonyl (C=O) groups is 1. The van der Waals surface area contributed by atoms with Crippen LogP contribution in [0, 0.1) is 0 Å². The Morgan fingerprint density at radius 1 is 1.40 bits per heavy atom. The highest BCUT2D eigenvalue weighted by Gasteiger charge is 2.24. The summed E-state index contributed by atoms with van der Waals surface area (Å²) in [6.07, 6.45) is 0. The maximum absolute atomic E-state index is 12.0. The number of methoxy groups -OCH3 is 1. The molecule has 1 saturated heterocycles. The molecule has 3 N–H and O–H groups in total. The van der Waals surface area contributed by atoms with Crippen molar-refractivity contribution in [1.82, 2.24) is 10.2 Å². The van der Waals surface area contributed by atoms with E-state index in [0.717, 1.165) is 18.7 Å². The molecule has 144 valence electrons. The summed E-state index contributed by atoms with van der Waals surface area (Å²) >= 11 is 6.12. The normalized spacial score (nSPS) is 16.9. The van der Waals surface area contributed by atoms with Gasteiger partial charge in [-0.25, -0.2) is 0 Å². The van der Waals surface area contributed by atoms with Crippen molar-refractivity contribution < 1.29 is 14.3 Å². The number of hydrogen-bond acceptors (Lipinski definition) is 5. The number of hydrogen-bond donors (Lipinski definition) is 2. The fourth-order valence-electron chi connectivity index (χ4n) is 2.64. The van der Waals surface area contributed by atoms with Crippen LogP contribution >= 0.6 is 36.4 Å². The molecule has 1 heterocycles. The van der Waals surface area contributed by atoms with Gasteiger partial charge in [-0.2, -0.15) is 0 Å². The highest BCUT2D eigenvalue weighted by molar-refractivity contribution is 6.30. The van der Waals surface area contributed by atoms with Gasteiger partial charge >= 0.3 is 0 Å². The lowest BCUT2D eigenvalue weighted by molar-refractivity contribution is -0.123. The first-order chi connectivity index (χ1) is 11.1. The fourth-order valence-corrected chi connectivity index (χ4v) is 2.84. The van der Waals surface area contributed by atoms with Gasteiger partial charge in [0.1, 0.15) is 6.04 Å². The highest BCUT2D eigenvalue weighted by Crippen LogP contribution is 2.23. The molecule has 9 heteroatoms. The first kappa shape index (κ1) is 24.4. The third-order valence-corrected chi connectivity index (χ3v) is 4.11. The van der Waals surface area contributed by atoms with Gasteiger partial charge < -0.3 is 20.5 Å². The van der Waals surface area contributed by atoms with Crippen LogP contribution in [0.1, 0.15) is 11.6 Å². The van der Waals surface area contributed by atoms with Crippen molar-refractivity contribution >= 4 is 42.3 Å². The third kappa shape index (κ3) is 7.66. The van der Waals surface area contributed by atoms with Crippen LogP contribution in [0.4, 0.5) is 0 Å². The molecule has 0 aliphatic carbocycles. The number of nitrogens with two attached hydrogens (primary N) is 1. The van der Waals surface area contributed by atoms with Crippen LogP contribution in [0.25, 0.3) is 0 Å². The zero-order valence-electron chi connectivity index (χ0n) is 14.2.